The number of ketones is 1. The zero-order chi connectivity index (χ0) is 13.8. The molecule has 0 N–H and O–H groups in total. The number of hydrogen-bond donors (Lipinski definition) is 0. The minimum absolute atomic E-state index is 0.191. The molecule has 0 spiro atoms. The predicted octanol–water partition coefficient (Wildman–Crippen LogP) is 2.41. The molecule has 1 atom stereocenters. The second-order valence-electron chi connectivity index (χ2n) is 6.61. The molecule has 0 aromatic carbocycles. The monoisotopic (exact) mass is 254 g/mol. The third-order valence-electron chi connectivity index (χ3n) is 3.98. The van der Waals surface area contributed by atoms with Crippen LogP contribution in [0.3, 0.4) is 0 Å². The van der Waals surface area contributed by atoms with Gasteiger partial charge < -0.3 is 4.90 Å². The fraction of sp³-hybridized carbons (Fsp3) is 0.933. The van der Waals surface area contributed by atoms with Crippen molar-refractivity contribution in [3.05, 3.63) is 0 Å². The number of Topliss-reactive ketones (excluding diaryl/α,β-unsaturated/α-hetero) is 1. The Morgan fingerprint density at radius 1 is 1.39 bits per heavy atom. The smallest absolute Gasteiger partial charge is 0.139 e. The van der Waals surface area contributed by atoms with Crippen LogP contribution >= 0.6 is 0 Å². The van der Waals surface area contributed by atoms with E-state index in [1.165, 1.54) is 19.4 Å². The highest BCUT2D eigenvalue weighted by atomic mass is 16.1. The molecule has 0 radical (unpaired) electrons. The molecule has 0 aliphatic carbocycles. The molecule has 3 heteroatoms. The van der Waals surface area contributed by atoms with Crippen molar-refractivity contribution in [1.82, 2.24) is 9.80 Å². The van der Waals surface area contributed by atoms with Crippen LogP contribution < -0.4 is 0 Å². The largest absolute Gasteiger partial charge is 0.304 e. The molecule has 0 bridgehead atoms. The van der Waals surface area contributed by atoms with Gasteiger partial charge in [-0.05, 0) is 33.0 Å². The first-order valence-corrected chi connectivity index (χ1v) is 7.30. The van der Waals surface area contributed by atoms with Crippen molar-refractivity contribution in [2.45, 2.75) is 53.0 Å². The van der Waals surface area contributed by atoms with Crippen LogP contribution in [0.2, 0.25) is 0 Å². The van der Waals surface area contributed by atoms with E-state index >= 15 is 0 Å². The van der Waals surface area contributed by atoms with E-state index in [1.807, 2.05) is 20.8 Å². The highest BCUT2D eigenvalue weighted by Gasteiger charge is 2.25. The summed E-state index contributed by atoms with van der Waals surface area (Å²) < 4.78 is 0. The van der Waals surface area contributed by atoms with Crippen LogP contribution in [0.5, 0.6) is 0 Å². The molecule has 0 saturated carbocycles. The molecule has 1 fully saturated rings. The quantitative estimate of drug-likeness (QED) is 0.727. The van der Waals surface area contributed by atoms with Crippen LogP contribution in [-0.2, 0) is 4.79 Å². The van der Waals surface area contributed by atoms with Crippen molar-refractivity contribution in [3.8, 4) is 0 Å². The average Bonchev–Trinajstić information content (AvgIpc) is 2.71. The van der Waals surface area contributed by atoms with Crippen molar-refractivity contribution in [3.63, 3.8) is 0 Å². The summed E-state index contributed by atoms with van der Waals surface area (Å²) in [6, 6.07) is 0.699. The van der Waals surface area contributed by atoms with Crippen LogP contribution in [0.15, 0.2) is 0 Å². The molecule has 1 rings (SSSR count). The topological polar surface area (TPSA) is 23.6 Å². The number of nitrogens with zero attached hydrogens (tertiary/aromatic N) is 2. The maximum absolute atomic E-state index is 11.9. The minimum Gasteiger partial charge on any atom is -0.304 e. The number of likely N-dealkylation sites (tertiary alicyclic amines) is 1. The average molecular weight is 254 g/mol. The molecule has 1 heterocycles. The lowest BCUT2D eigenvalue weighted by molar-refractivity contribution is -0.126. The first-order chi connectivity index (χ1) is 8.34. The van der Waals surface area contributed by atoms with Crippen molar-refractivity contribution >= 4 is 5.78 Å². The van der Waals surface area contributed by atoms with E-state index in [0.29, 0.717) is 18.2 Å². The third kappa shape index (κ3) is 4.69. The van der Waals surface area contributed by atoms with Crippen molar-refractivity contribution < 1.29 is 4.79 Å². The number of hydrogen-bond acceptors (Lipinski definition) is 3. The Kier molecular flexibility index (Phi) is 5.80. The summed E-state index contributed by atoms with van der Waals surface area (Å²) in [5.41, 5.74) is -0.191. The summed E-state index contributed by atoms with van der Waals surface area (Å²) in [5.74, 6) is 0.369. The molecule has 0 amide bonds. The minimum atomic E-state index is -0.191. The van der Waals surface area contributed by atoms with Gasteiger partial charge in [-0.25, -0.2) is 0 Å². The SMILES string of the molecule is CCN1CCCC1CN(C)CCC(=O)C(C)(C)C. The molecule has 1 saturated heterocycles. The summed E-state index contributed by atoms with van der Waals surface area (Å²) in [7, 11) is 2.14. The number of carbonyl (C=O) groups excluding carboxylic acids is 1. The van der Waals surface area contributed by atoms with Crippen LogP contribution in [0.1, 0.15) is 47.0 Å². The maximum Gasteiger partial charge on any atom is 0.139 e. The first kappa shape index (κ1) is 15.6. The van der Waals surface area contributed by atoms with E-state index in [9.17, 15) is 4.79 Å². The second kappa shape index (κ2) is 6.67. The van der Waals surface area contributed by atoms with Gasteiger partial charge in [0.05, 0.1) is 0 Å². The normalized spacial score (nSPS) is 21.8. The first-order valence-electron chi connectivity index (χ1n) is 7.30. The fourth-order valence-electron chi connectivity index (χ4n) is 2.64. The number of carbonyl (C=O) groups is 1. The van der Waals surface area contributed by atoms with E-state index in [2.05, 4.69) is 23.8 Å². The lowest BCUT2D eigenvalue weighted by atomic mass is 9.89. The molecular formula is C15H30N2O. The highest BCUT2D eigenvalue weighted by molar-refractivity contribution is 5.83. The molecule has 0 aromatic rings. The van der Waals surface area contributed by atoms with E-state index < -0.39 is 0 Å². The zero-order valence-electron chi connectivity index (χ0n) is 12.8. The number of rotatable bonds is 6. The van der Waals surface area contributed by atoms with Gasteiger partial charge >= 0.3 is 0 Å². The number of likely N-dealkylation sites (N-methyl/N-ethyl adjacent to an activating group) is 2. The highest BCUT2D eigenvalue weighted by Crippen LogP contribution is 2.19. The van der Waals surface area contributed by atoms with Crippen LogP contribution in [0, 0.1) is 5.41 Å². The summed E-state index contributed by atoms with van der Waals surface area (Å²) in [5, 5.41) is 0. The molecular weight excluding hydrogens is 224 g/mol. The Bertz CT molecular complexity index is 270. The Morgan fingerprint density at radius 2 is 2.06 bits per heavy atom. The van der Waals surface area contributed by atoms with Gasteiger partial charge in [-0.1, -0.05) is 27.7 Å². The Morgan fingerprint density at radius 3 is 2.61 bits per heavy atom. The van der Waals surface area contributed by atoms with Gasteiger partial charge in [0.2, 0.25) is 0 Å². The molecule has 0 aromatic heterocycles. The molecule has 1 unspecified atom stereocenters. The van der Waals surface area contributed by atoms with Gasteiger partial charge in [0, 0.05) is 31.0 Å². The predicted molar refractivity (Wildman–Crippen MR) is 76.8 cm³/mol. The van der Waals surface area contributed by atoms with Crippen molar-refractivity contribution in [1.29, 1.82) is 0 Å². The van der Waals surface area contributed by atoms with Gasteiger partial charge in [0.1, 0.15) is 5.78 Å². The molecule has 1 aliphatic heterocycles. The molecule has 18 heavy (non-hydrogen) atoms. The van der Waals surface area contributed by atoms with Gasteiger partial charge in [-0.15, -0.1) is 0 Å². The van der Waals surface area contributed by atoms with Crippen molar-refractivity contribution in [2.24, 2.45) is 5.41 Å². The summed E-state index contributed by atoms with van der Waals surface area (Å²) in [6.07, 6.45) is 3.32. The van der Waals surface area contributed by atoms with Gasteiger partial charge in [0.25, 0.3) is 0 Å². The molecule has 3 nitrogen and oxygen atoms in total. The Hall–Kier alpha value is -0.410. The van der Waals surface area contributed by atoms with Gasteiger partial charge in [-0.2, -0.15) is 0 Å². The van der Waals surface area contributed by atoms with Crippen LogP contribution in [-0.4, -0.2) is 54.9 Å². The van der Waals surface area contributed by atoms with Crippen LogP contribution in [0.25, 0.3) is 0 Å². The maximum atomic E-state index is 11.9. The Labute approximate surface area is 113 Å². The molecule has 106 valence electrons. The standard InChI is InChI=1S/C15H30N2O/c1-6-17-10-7-8-13(17)12-16(5)11-9-14(18)15(2,3)4/h13H,6-12H2,1-5H3. The fourth-order valence-corrected chi connectivity index (χ4v) is 2.64. The second-order valence-corrected chi connectivity index (χ2v) is 6.61. The van der Waals surface area contributed by atoms with E-state index in [0.717, 1.165) is 19.6 Å². The van der Waals surface area contributed by atoms with Gasteiger partial charge in [0.15, 0.2) is 0 Å². The van der Waals surface area contributed by atoms with E-state index in [1.54, 1.807) is 0 Å². The van der Waals surface area contributed by atoms with Gasteiger partial charge in [-0.3, -0.25) is 9.69 Å². The third-order valence-corrected chi connectivity index (χ3v) is 3.98. The Balaban J connectivity index is 2.29. The summed E-state index contributed by atoms with van der Waals surface area (Å²) in [4.78, 5) is 16.8. The zero-order valence-corrected chi connectivity index (χ0v) is 12.8. The van der Waals surface area contributed by atoms with Crippen molar-refractivity contribution in [2.75, 3.05) is 33.2 Å². The summed E-state index contributed by atoms with van der Waals surface area (Å²) >= 11 is 0. The lowest BCUT2D eigenvalue weighted by Gasteiger charge is -2.28. The lowest BCUT2D eigenvalue weighted by Crippen LogP contribution is -2.39. The van der Waals surface area contributed by atoms with E-state index in [4.69, 9.17) is 0 Å². The van der Waals surface area contributed by atoms with Crippen LogP contribution in [0.4, 0.5) is 0 Å². The summed E-state index contributed by atoms with van der Waals surface area (Å²) in [6.45, 7) is 12.6. The molecule has 1 aliphatic rings. The van der Waals surface area contributed by atoms with E-state index in [-0.39, 0.29) is 5.41 Å².